The van der Waals surface area contributed by atoms with Gasteiger partial charge < -0.3 is 28.4 Å². The largest absolute Gasteiger partial charge is 0.463 e. The Morgan fingerprint density at radius 2 is 1.50 bits per heavy atom. The number of carbonyl (C=O) groups excluding carboxylic acids is 4. The van der Waals surface area contributed by atoms with Gasteiger partial charge in [-0.05, 0) is 17.5 Å². The average molecular weight is 512 g/mol. The predicted octanol–water partition coefficient (Wildman–Crippen LogP) is 1.51. The summed E-state index contributed by atoms with van der Waals surface area (Å²) in [5.41, 5.74) is 18.1. The van der Waals surface area contributed by atoms with E-state index < -0.39 is 72.5 Å². The normalized spacial score (nSPS) is 31.2. The number of hydrogen-bond donors (Lipinski definition) is 0. The van der Waals surface area contributed by atoms with Gasteiger partial charge in [0.2, 0.25) is 0 Å². The van der Waals surface area contributed by atoms with Crippen LogP contribution in [0.4, 0.5) is 0 Å². The van der Waals surface area contributed by atoms with E-state index in [2.05, 4.69) is 20.1 Å². The molecule has 8 atom stereocenters. The van der Waals surface area contributed by atoms with Crippen LogP contribution >= 0.6 is 0 Å². The van der Waals surface area contributed by atoms with Crippen molar-refractivity contribution in [3.05, 3.63) is 20.9 Å². The third-order valence-electron chi connectivity index (χ3n) is 5.52. The molecule has 16 heteroatoms. The third kappa shape index (κ3) is 7.99. The summed E-state index contributed by atoms with van der Waals surface area (Å²) in [6.07, 6.45) is -6.00. The maximum absolute atomic E-state index is 11.9. The summed E-state index contributed by atoms with van der Waals surface area (Å²) in [6.45, 7) is 4.29. The molecule has 2 rings (SSSR count). The van der Waals surface area contributed by atoms with Gasteiger partial charge in [0.15, 0.2) is 6.10 Å². The van der Waals surface area contributed by atoms with Crippen LogP contribution in [0.25, 0.3) is 20.9 Å². The van der Waals surface area contributed by atoms with Crippen molar-refractivity contribution in [2.75, 3.05) is 19.8 Å². The highest BCUT2D eigenvalue weighted by Crippen LogP contribution is 2.36. The smallest absolute Gasteiger partial charge is 0.303 e. The fraction of sp³-hybridized carbons (Fsp3) is 0.800. The first-order chi connectivity index (χ1) is 17.1. The summed E-state index contributed by atoms with van der Waals surface area (Å²) in [4.78, 5) is 52.2. The lowest BCUT2D eigenvalue weighted by Crippen LogP contribution is -2.58. The molecular formula is C20H28N6O10. The molecule has 0 radical (unpaired) electrons. The summed E-state index contributed by atoms with van der Waals surface area (Å²) in [5, 5.41) is 7.31. The van der Waals surface area contributed by atoms with Crippen LogP contribution in [0.15, 0.2) is 10.2 Å². The Morgan fingerprint density at radius 3 is 2.06 bits per heavy atom. The van der Waals surface area contributed by atoms with Crippen LogP contribution in [-0.4, -0.2) is 86.3 Å². The summed E-state index contributed by atoms with van der Waals surface area (Å²) in [5.74, 6) is -3.29. The number of esters is 4. The monoisotopic (exact) mass is 512 g/mol. The van der Waals surface area contributed by atoms with Crippen LogP contribution in [0.3, 0.4) is 0 Å². The van der Waals surface area contributed by atoms with E-state index in [1.807, 2.05) is 0 Å². The van der Waals surface area contributed by atoms with E-state index in [9.17, 15) is 24.7 Å². The fourth-order valence-corrected chi connectivity index (χ4v) is 4.27. The number of nitrogens with zero attached hydrogens (tertiary/aromatic N) is 6. The maximum Gasteiger partial charge on any atom is 0.303 e. The second kappa shape index (κ2) is 13.5. The van der Waals surface area contributed by atoms with Gasteiger partial charge in [-0.2, -0.15) is 0 Å². The Morgan fingerprint density at radius 1 is 0.861 bits per heavy atom. The molecule has 0 bridgehead atoms. The van der Waals surface area contributed by atoms with E-state index in [0.29, 0.717) is 0 Å². The second-order valence-corrected chi connectivity index (χ2v) is 8.21. The Bertz CT molecular complexity index is 934. The molecule has 0 aromatic carbocycles. The van der Waals surface area contributed by atoms with E-state index >= 15 is 0 Å². The van der Waals surface area contributed by atoms with E-state index in [1.165, 1.54) is 13.8 Å². The summed E-state index contributed by atoms with van der Waals surface area (Å²) >= 11 is 0. The van der Waals surface area contributed by atoms with Gasteiger partial charge in [0, 0.05) is 50.0 Å². The molecule has 0 aromatic heterocycles. The Balaban J connectivity index is 2.45. The highest BCUT2D eigenvalue weighted by molar-refractivity contribution is 5.68. The van der Waals surface area contributed by atoms with Crippen molar-refractivity contribution in [3.63, 3.8) is 0 Å². The Kier molecular flexibility index (Phi) is 10.7. The van der Waals surface area contributed by atoms with Crippen LogP contribution in [0.1, 0.15) is 34.1 Å². The second-order valence-electron chi connectivity index (χ2n) is 8.21. The van der Waals surface area contributed by atoms with Crippen molar-refractivity contribution in [2.24, 2.45) is 16.1 Å². The first-order valence-corrected chi connectivity index (χ1v) is 11.0. The fourth-order valence-electron chi connectivity index (χ4n) is 4.27. The van der Waals surface area contributed by atoms with Crippen molar-refractivity contribution in [1.29, 1.82) is 0 Å². The van der Waals surface area contributed by atoms with Crippen molar-refractivity contribution < 1.29 is 47.6 Å². The zero-order chi connectivity index (χ0) is 26.8. The number of rotatable bonds is 10. The number of hydrogen-bond acceptors (Lipinski definition) is 12. The molecule has 16 nitrogen and oxygen atoms in total. The van der Waals surface area contributed by atoms with Gasteiger partial charge in [-0.15, -0.1) is 0 Å². The quantitative estimate of drug-likeness (QED) is 0.135. The van der Waals surface area contributed by atoms with E-state index in [4.69, 9.17) is 34.0 Å². The lowest BCUT2D eigenvalue weighted by Gasteiger charge is -2.44. The molecule has 1 unspecified atom stereocenters. The third-order valence-corrected chi connectivity index (χ3v) is 5.52. The molecule has 1 saturated carbocycles. The SMILES string of the molecule is CC(=O)OC[C@H]1OC[C@H](OC(C)=O)[C@@H]1O[C@H]1C[C@@H](CN=[N+]=[N-])[C@@H](OC(C)=O)[C@H](OC(C)=O)C1N=[N+]=[N-]. The van der Waals surface area contributed by atoms with Crippen molar-refractivity contribution in [1.82, 2.24) is 0 Å². The van der Waals surface area contributed by atoms with Crippen molar-refractivity contribution in [3.8, 4) is 0 Å². The lowest BCUT2D eigenvalue weighted by atomic mass is 9.79. The Labute approximate surface area is 205 Å². The minimum absolute atomic E-state index is 0.0436. The minimum Gasteiger partial charge on any atom is -0.463 e. The highest BCUT2D eigenvalue weighted by Gasteiger charge is 2.51. The molecule has 0 spiro atoms. The topological polar surface area (TPSA) is 221 Å². The van der Waals surface area contributed by atoms with Gasteiger partial charge >= 0.3 is 23.9 Å². The molecule has 1 heterocycles. The molecule has 1 aliphatic carbocycles. The first kappa shape index (κ1) is 28.7. The summed E-state index contributed by atoms with van der Waals surface area (Å²) in [7, 11) is 0. The molecule has 0 amide bonds. The van der Waals surface area contributed by atoms with Crippen LogP contribution in [-0.2, 0) is 47.6 Å². The van der Waals surface area contributed by atoms with Crippen molar-refractivity contribution >= 4 is 23.9 Å². The van der Waals surface area contributed by atoms with Gasteiger partial charge in [0.05, 0.1) is 12.7 Å². The molecule has 1 aliphatic heterocycles. The molecule has 198 valence electrons. The van der Waals surface area contributed by atoms with E-state index in [-0.39, 0.29) is 26.2 Å². The number of ether oxygens (including phenoxy) is 6. The van der Waals surface area contributed by atoms with Crippen LogP contribution in [0, 0.1) is 5.92 Å². The minimum atomic E-state index is -1.28. The molecule has 36 heavy (non-hydrogen) atoms. The number of azide groups is 2. The van der Waals surface area contributed by atoms with Gasteiger partial charge in [-0.25, -0.2) is 0 Å². The standard InChI is InChI=1S/C20H28N6O10/c1-9(27)31-7-15-19(16(8-32-15)33-10(2)28)36-14-5-13(6-23-25-21)18(34-11(3)29)20(35-12(4)30)17(14)24-26-22/h13-20H,5-8H2,1-4H3/t13-,14-,15+,16-,17?,18+,19+,20+/m0/s1. The molecule has 2 aliphatic rings. The molecule has 0 N–H and O–H groups in total. The molecule has 2 fully saturated rings. The van der Waals surface area contributed by atoms with Crippen LogP contribution in [0.5, 0.6) is 0 Å². The first-order valence-electron chi connectivity index (χ1n) is 11.0. The average Bonchev–Trinajstić information content (AvgIpc) is 3.14. The zero-order valence-corrected chi connectivity index (χ0v) is 20.2. The van der Waals surface area contributed by atoms with Gasteiger partial charge in [0.1, 0.15) is 37.1 Å². The molecule has 0 aromatic rings. The lowest BCUT2D eigenvalue weighted by molar-refractivity contribution is -0.195. The molecular weight excluding hydrogens is 484 g/mol. The zero-order valence-electron chi connectivity index (χ0n) is 20.2. The van der Waals surface area contributed by atoms with Crippen molar-refractivity contribution in [2.45, 2.75) is 76.8 Å². The summed E-state index contributed by atoms with van der Waals surface area (Å²) < 4.78 is 32.9. The molecule has 1 saturated heterocycles. The van der Waals surface area contributed by atoms with Crippen LogP contribution in [0.2, 0.25) is 0 Å². The van der Waals surface area contributed by atoms with Gasteiger partial charge in [0.25, 0.3) is 0 Å². The summed E-state index contributed by atoms with van der Waals surface area (Å²) in [6, 6.07) is -1.18. The highest BCUT2D eigenvalue weighted by atomic mass is 16.6. The van der Waals surface area contributed by atoms with E-state index in [1.54, 1.807) is 0 Å². The number of carbonyl (C=O) groups is 4. The van der Waals surface area contributed by atoms with Gasteiger partial charge in [-0.3, -0.25) is 19.2 Å². The van der Waals surface area contributed by atoms with Gasteiger partial charge in [-0.1, -0.05) is 10.2 Å². The maximum atomic E-state index is 11.9. The Hall–Kier alpha value is -3.58. The van der Waals surface area contributed by atoms with Crippen LogP contribution < -0.4 is 0 Å². The predicted molar refractivity (Wildman–Crippen MR) is 117 cm³/mol. The van der Waals surface area contributed by atoms with E-state index in [0.717, 1.165) is 13.8 Å².